The number of hydrogen-bond acceptors (Lipinski definition) is 4. The van der Waals surface area contributed by atoms with Gasteiger partial charge in [-0.3, -0.25) is 9.59 Å². The average molecular weight is 348 g/mol. The monoisotopic (exact) mass is 347 g/mol. The Bertz CT molecular complexity index is 528. The van der Waals surface area contributed by atoms with Crippen molar-refractivity contribution < 1.29 is 14.3 Å². The number of nitrogens with two attached hydrogens (primary N) is 1. The molecule has 2 rings (SSSR count). The second-order valence-corrected chi connectivity index (χ2v) is 5.11. The van der Waals surface area contributed by atoms with Crippen LogP contribution in [0.4, 0.5) is 0 Å². The molecule has 8 heteroatoms. The van der Waals surface area contributed by atoms with E-state index >= 15 is 0 Å². The Hall–Kier alpha value is -1.34. The van der Waals surface area contributed by atoms with E-state index in [0.29, 0.717) is 24.7 Å². The molecule has 1 aliphatic heterocycles. The summed E-state index contributed by atoms with van der Waals surface area (Å²) in [6, 6.07) is 7.41. The van der Waals surface area contributed by atoms with Crippen LogP contribution in [0, 0.1) is 0 Å². The van der Waals surface area contributed by atoms with Gasteiger partial charge in [0, 0.05) is 17.1 Å². The Labute approximate surface area is 140 Å². The van der Waals surface area contributed by atoms with Crippen molar-refractivity contribution in [1.82, 2.24) is 10.2 Å². The van der Waals surface area contributed by atoms with Gasteiger partial charge in [-0.1, -0.05) is 29.8 Å². The number of nitrogens with zero attached hydrogens (tertiary/aromatic N) is 1. The zero-order valence-corrected chi connectivity index (χ0v) is 13.5. The van der Waals surface area contributed by atoms with E-state index in [-0.39, 0.29) is 43.4 Å². The van der Waals surface area contributed by atoms with Crippen molar-refractivity contribution in [3.63, 3.8) is 0 Å². The molecule has 1 atom stereocenters. The molecule has 0 radical (unpaired) electrons. The number of nitrogens with one attached hydrogen (secondary N) is 1. The van der Waals surface area contributed by atoms with Gasteiger partial charge >= 0.3 is 0 Å². The summed E-state index contributed by atoms with van der Waals surface area (Å²) < 4.78 is 5.69. The molecule has 0 spiro atoms. The number of halogens is 2. The van der Waals surface area contributed by atoms with Gasteiger partial charge in [0.25, 0.3) is 0 Å². The Morgan fingerprint density at radius 1 is 1.41 bits per heavy atom. The quantitative estimate of drug-likeness (QED) is 0.841. The van der Waals surface area contributed by atoms with Gasteiger partial charge in [0.15, 0.2) is 0 Å². The average Bonchev–Trinajstić information content (AvgIpc) is 2.52. The molecule has 22 heavy (non-hydrogen) atoms. The minimum absolute atomic E-state index is 0. The van der Waals surface area contributed by atoms with E-state index in [1.165, 1.54) is 0 Å². The van der Waals surface area contributed by atoms with Crippen LogP contribution in [0.2, 0.25) is 5.02 Å². The first-order valence-electron chi connectivity index (χ1n) is 6.72. The van der Waals surface area contributed by atoms with E-state index in [0.717, 1.165) is 5.56 Å². The number of hydrogen-bond donors (Lipinski definition) is 2. The van der Waals surface area contributed by atoms with E-state index in [2.05, 4.69) is 5.32 Å². The smallest absolute Gasteiger partial charge is 0.242 e. The first kappa shape index (κ1) is 18.7. The number of carbonyl (C=O) groups excluding carboxylic acids is 2. The van der Waals surface area contributed by atoms with Gasteiger partial charge in [-0.25, -0.2) is 0 Å². The third-order valence-corrected chi connectivity index (χ3v) is 3.64. The van der Waals surface area contributed by atoms with Gasteiger partial charge < -0.3 is 20.7 Å². The van der Waals surface area contributed by atoms with Gasteiger partial charge in [0.1, 0.15) is 6.10 Å². The lowest BCUT2D eigenvalue weighted by Crippen LogP contribution is -2.47. The molecule has 3 N–H and O–H groups in total. The number of benzene rings is 1. The molecule has 1 fully saturated rings. The predicted molar refractivity (Wildman–Crippen MR) is 86.0 cm³/mol. The van der Waals surface area contributed by atoms with Crippen molar-refractivity contribution >= 4 is 35.8 Å². The molecule has 1 aromatic carbocycles. The van der Waals surface area contributed by atoms with Gasteiger partial charge in [-0.15, -0.1) is 12.4 Å². The van der Waals surface area contributed by atoms with Gasteiger partial charge in [0.05, 0.1) is 26.2 Å². The molecular weight excluding hydrogens is 329 g/mol. The Kier molecular flexibility index (Phi) is 7.61. The van der Waals surface area contributed by atoms with Crippen LogP contribution in [0.25, 0.3) is 0 Å². The number of ether oxygens (including phenoxy) is 1. The van der Waals surface area contributed by atoms with Crippen molar-refractivity contribution in [2.45, 2.75) is 6.10 Å². The van der Waals surface area contributed by atoms with E-state index in [9.17, 15) is 9.59 Å². The maximum absolute atomic E-state index is 12.1. The molecule has 0 bridgehead atoms. The molecule has 2 amide bonds. The molecule has 1 unspecified atom stereocenters. The molecular formula is C14H19Cl2N3O3. The molecule has 1 aliphatic rings. The van der Waals surface area contributed by atoms with Crippen LogP contribution in [-0.4, -0.2) is 49.5 Å². The van der Waals surface area contributed by atoms with Crippen molar-refractivity contribution in [3.05, 3.63) is 34.9 Å². The Morgan fingerprint density at radius 2 is 2.14 bits per heavy atom. The van der Waals surface area contributed by atoms with E-state index in [1.54, 1.807) is 11.0 Å². The first-order valence-corrected chi connectivity index (χ1v) is 7.10. The molecule has 1 heterocycles. The summed E-state index contributed by atoms with van der Waals surface area (Å²) in [5, 5.41) is 3.09. The summed E-state index contributed by atoms with van der Waals surface area (Å²) in [6.45, 7) is 1.18. The predicted octanol–water partition coefficient (Wildman–Crippen LogP) is 0.737. The minimum atomic E-state index is -0.348. The lowest BCUT2D eigenvalue weighted by Gasteiger charge is -2.33. The van der Waals surface area contributed by atoms with Crippen LogP contribution in [0.15, 0.2) is 24.3 Å². The zero-order chi connectivity index (χ0) is 15.2. The number of morpholine rings is 1. The standard InChI is InChI=1S/C14H18ClN3O3.ClH/c15-11-4-2-1-3-10(11)12-9-18(5-6-21-12)14(20)8-17-13(19)7-16;/h1-4,12H,5-9,16H2,(H,17,19);1H. The van der Waals surface area contributed by atoms with Crippen molar-refractivity contribution in [1.29, 1.82) is 0 Å². The summed E-state index contributed by atoms with van der Waals surface area (Å²) in [4.78, 5) is 24.8. The highest BCUT2D eigenvalue weighted by Crippen LogP contribution is 2.28. The fraction of sp³-hybridized carbons (Fsp3) is 0.429. The minimum Gasteiger partial charge on any atom is -0.370 e. The van der Waals surface area contributed by atoms with Crippen LogP contribution in [0.1, 0.15) is 11.7 Å². The summed E-state index contributed by atoms with van der Waals surface area (Å²) >= 11 is 6.15. The molecule has 0 saturated carbocycles. The topological polar surface area (TPSA) is 84.7 Å². The van der Waals surface area contributed by atoms with Gasteiger partial charge in [-0.05, 0) is 6.07 Å². The van der Waals surface area contributed by atoms with Crippen molar-refractivity contribution in [2.75, 3.05) is 32.8 Å². The second-order valence-electron chi connectivity index (χ2n) is 4.70. The highest BCUT2D eigenvalue weighted by molar-refractivity contribution is 6.31. The van der Waals surface area contributed by atoms with Gasteiger partial charge in [0.2, 0.25) is 11.8 Å². The van der Waals surface area contributed by atoms with E-state index < -0.39 is 0 Å². The molecule has 1 saturated heterocycles. The normalized spacial score (nSPS) is 17.5. The molecule has 122 valence electrons. The number of rotatable bonds is 4. The van der Waals surface area contributed by atoms with E-state index in [1.807, 2.05) is 18.2 Å². The molecule has 6 nitrogen and oxygen atoms in total. The fourth-order valence-corrected chi connectivity index (χ4v) is 2.42. The number of carbonyl (C=O) groups is 2. The van der Waals surface area contributed by atoms with Crippen molar-refractivity contribution in [3.8, 4) is 0 Å². The van der Waals surface area contributed by atoms with Crippen LogP contribution in [0.5, 0.6) is 0 Å². The van der Waals surface area contributed by atoms with Crippen molar-refractivity contribution in [2.24, 2.45) is 5.73 Å². The third kappa shape index (κ3) is 4.84. The van der Waals surface area contributed by atoms with Crippen LogP contribution in [-0.2, 0) is 14.3 Å². The SMILES string of the molecule is Cl.NCC(=O)NCC(=O)N1CCOC(c2ccccc2Cl)C1. The maximum Gasteiger partial charge on any atom is 0.242 e. The van der Waals surface area contributed by atoms with Crippen LogP contribution >= 0.6 is 24.0 Å². The summed E-state index contributed by atoms with van der Waals surface area (Å²) in [7, 11) is 0. The lowest BCUT2D eigenvalue weighted by atomic mass is 10.1. The highest BCUT2D eigenvalue weighted by atomic mass is 35.5. The summed E-state index contributed by atoms with van der Waals surface area (Å²) in [5.74, 6) is -0.503. The second kappa shape index (κ2) is 8.95. The summed E-state index contributed by atoms with van der Waals surface area (Å²) in [5.41, 5.74) is 6.04. The number of amides is 2. The van der Waals surface area contributed by atoms with E-state index in [4.69, 9.17) is 22.1 Å². The fourth-order valence-electron chi connectivity index (χ4n) is 2.16. The van der Waals surface area contributed by atoms with Crippen LogP contribution in [0.3, 0.4) is 0 Å². The van der Waals surface area contributed by atoms with Crippen LogP contribution < -0.4 is 11.1 Å². The first-order chi connectivity index (χ1) is 10.1. The molecule has 0 aliphatic carbocycles. The lowest BCUT2D eigenvalue weighted by molar-refractivity contribution is -0.139. The largest absolute Gasteiger partial charge is 0.370 e. The molecule has 1 aromatic rings. The third-order valence-electron chi connectivity index (χ3n) is 3.29. The maximum atomic E-state index is 12.1. The van der Waals surface area contributed by atoms with Gasteiger partial charge in [-0.2, -0.15) is 0 Å². The molecule has 0 aromatic heterocycles. The highest BCUT2D eigenvalue weighted by Gasteiger charge is 2.26. The summed E-state index contributed by atoms with van der Waals surface area (Å²) in [6.07, 6.45) is -0.249. The Morgan fingerprint density at radius 3 is 2.82 bits per heavy atom. The Balaban J connectivity index is 0.00000242. The zero-order valence-electron chi connectivity index (χ0n) is 12.0.